The van der Waals surface area contributed by atoms with Gasteiger partial charge in [-0.05, 0) is 18.6 Å². The van der Waals surface area contributed by atoms with Crippen molar-refractivity contribution >= 4 is 23.4 Å². The van der Waals surface area contributed by atoms with Crippen molar-refractivity contribution in [1.82, 2.24) is 9.97 Å². The van der Waals surface area contributed by atoms with Crippen molar-refractivity contribution in [1.29, 1.82) is 0 Å². The molecule has 7 heteroatoms. The molecule has 2 heterocycles. The number of thioether (sulfide) groups is 1. The maximum atomic E-state index is 5.36. The summed E-state index contributed by atoms with van der Waals surface area (Å²) in [6.07, 6.45) is 4.02. The predicted molar refractivity (Wildman–Crippen MR) is 70.4 cm³/mol. The zero-order valence-electron chi connectivity index (χ0n) is 9.77. The molecule has 0 saturated carbocycles. The van der Waals surface area contributed by atoms with Crippen molar-refractivity contribution in [3.8, 4) is 5.75 Å². The van der Waals surface area contributed by atoms with Crippen LogP contribution in [0.1, 0.15) is 12.8 Å². The van der Waals surface area contributed by atoms with Gasteiger partial charge in [0.25, 0.3) is 0 Å². The molecule has 4 N–H and O–H groups in total. The Morgan fingerprint density at radius 2 is 2.35 bits per heavy atom. The summed E-state index contributed by atoms with van der Waals surface area (Å²) in [5.74, 6) is 8.34. The molecule has 1 aliphatic heterocycles. The monoisotopic (exact) mass is 255 g/mol. The van der Waals surface area contributed by atoms with Gasteiger partial charge < -0.3 is 15.5 Å². The highest BCUT2D eigenvalue weighted by Crippen LogP contribution is 2.30. The minimum Gasteiger partial charge on any atom is -0.490 e. The summed E-state index contributed by atoms with van der Waals surface area (Å²) in [6, 6.07) is 0. The van der Waals surface area contributed by atoms with Crippen LogP contribution in [0.5, 0.6) is 5.75 Å². The first-order chi connectivity index (χ1) is 8.35. The fourth-order valence-electron chi connectivity index (χ4n) is 1.81. The van der Waals surface area contributed by atoms with Crippen molar-refractivity contribution in [3.05, 3.63) is 6.33 Å². The molecule has 2 rings (SSSR count). The molecule has 1 aliphatic rings. The fraction of sp³-hybridized carbons (Fsp3) is 0.600. The van der Waals surface area contributed by atoms with Crippen molar-refractivity contribution in [2.75, 3.05) is 30.1 Å². The number of nitrogens with one attached hydrogen (secondary N) is 2. The highest BCUT2D eigenvalue weighted by Gasteiger charge is 2.17. The highest BCUT2D eigenvalue weighted by atomic mass is 32.2. The van der Waals surface area contributed by atoms with Gasteiger partial charge in [0, 0.05) is 11.8 Å². The molecule has 6 nitrogen and oxygen atoms in total. The van der Waals surface area contributed by atoms with E-state index in [0.29, 0.717) is 22.6 Å². The van der Waals surface area contributed by atoms with Gasteiger partial charge in [0.2, 0.25) is 5.75 Å². The largest absolute Gasteiger partial charge is 0.490 e. The summed E-state index contributed by atoms with van der Waals surface area (Å²) in [5, 5.41) is 3.94. The van der Waals surface area contributed by atoms with E-state index in [0.717, 1.165) is 6.54 Å². The summed E-state index contributed by atoms with van der Waals surface area (Å²) < 4.78 is 5.25. The third-order valence-electron chi connectivity index (χ3n) is 2.67. The van der Waals surface area contributed by atoms with E-state index in [-0.39, 0.29) is 0 Å². The minimum atomic E-state index is 0.490. The molecule has 0 aromatic carbocycles. The molecule has 1 saturated heterocycles. The van der Waals surface area contributed by atoms with E-state index >= 15 is 0 Å². The molecular weight excluding hydrogens is 238 g/mol. The summed E-state index contributed by atoms with van der Waals surface area (Å²) in [5.41, 5.74) is 2.49. The molecule has 94 valence electrons. The number of hydrogen-bond donors (Lipinski definition) is 3. The molecule has 0 spiro atoms. The van der Waals surface area contributed by atoms with Gasteiger partial charge in [-0.1, -0.05) is 0 Å². The van der Waals surface area contributed by atoms with Crippen LogP contribution in [-0.4, -0.2) is 34.6 Å². The Balaban J connectivity index is 2.03. The first kappa shape index (κ1) is 12.3. The third kappa shape index (κ3) is 2.92. The molecule has 0 aliphatic carbocycles. The van der Waals surface area contributed by atoms with Gasteiger partial charge in [-0.25, -0.2) is 15.8 Å². The van der Waals surface area contributed by atoms with Crippen LogP contribution in [0.15, 0.2) is 6.33 Å². The normalized spacial score (nSPS) is 19.1. The molecular formula is C10H17N5OS. The average Bonchev–Trinajstić information content (AvgIpc) is 2.88. The van der Waals surface area contributed by atoms with Crippen LogP contribution in [0.3, 0.4) is 0 Å². The van der Waals surface area contributed by atoms with E-state index < -0.39 is 0 Å². The number of rotatable bonds is 5. The Morgan fingerprint density at radius 1 is 1.53 bits per heavy atom. The minimum absolute atomic E-state index is 0.490. The smallest absolute Gasteiger partial charge is 0.205 e. The average molecular weight is 255 g/mol. The lowest BCUT2D eigenvalue weighted by Crippen LogP contribution is -2.17. The second-order valence-corrected chi connectivity index (χ2v) is 5.17. The van der Waals surface area contributed by atoms with Gasteiger partial charge in [-0.15, -0.1) is 0 Å². The Kier molecular flexibility index (Phi) is 4.27. The molecule has 1 unspecified atom stereocenters. The van der Waals surface area contributed by atoms with Gasteiger partial charge >= 0.3 is 0 Å². The number of methoxy groups -OCH3 is 1. The van der Waals surface area contributed by atoms with Crippen molar-refractivity contribution in [2.24, 2.45) is 5.84 Å². The summed E-state index contributed by atoms with van der Waals surface area (Å²) in [7, 11) is 1.58. The van der Waals surface area contributed by atoms with E-state index in [9.17, 15) is 0 Å². The lowest BCUT2D eigenvalue weighted by Gasteiger charge is -2.14. The number of nitrogen functional groups attached to an aromatic ring is 1. The standard InChI is InChI=1S/C10H17N5OS/c1-16-8-9(13-6-14-10(8)15-11)12-5-7-3-2-4-17-7/h6-7H,2-5,11H2,1H3,(H2,12,13,14,15). The molecule has 0 amide bonds. The fourth-order valence-corrected chi connectivity index (χ4v) is 3.01. The Bertz CT molecular complexity index is 370. The molecule has 0 bridgehead atoms. The lowest BCUT2D eigenvalue weighted by atomic mass is 10.2. The third-order valence-corrected chi connectivity index (χ3v) is 4.06. The lowest BCUT2D eigenvalue weighted by molar-refractivity contribution is 0.414. The Hall–Kier alpha value is -1.21. The Morgan fingerprint density at radius 3 is 3.00 bits per heavy atom. The topological polar surface area (TPSA) is 85.1 Å². The molecule has 17 heavy (non-hydrogen) atoms. The molecule has 1 aromatic heterocycles. The number of aromatic nitrogens is 2. The summed E-state index contributed by atoms with van der Waals surface area (Å²) in [6.45, 7) is 0.891. The summed E-state index contributed by atoms with van der Waals surface area (Å²) in [4.78, 5) is 8.16. The van der Waals surface area contributed by atoms with Crippen molar-refractivity contribution in [3.63, 3.8) is 0 Å². The molecule has 1 atom stereocenters. The molecule has 1 fully saturated rings. The predicted octanol–water partition coefficient (Wildman–Crippen LogP) is 1.08. The number of hydrazine groups is 1. The Labute approximate surface area is 105 Å². The molecule has 1 aromatic rings. The summed E-state index contributed by atoms with van der Waals surface area (Å²) >= 11 is 2.00. The van der Waals surface area contributed by atoms with Crippen LogP contribution in [0.25, 0.3) is 0 Å². The van der Waals surface area contributed by atoms with E-state index in [1.165, 1.54) is 24.9 Å². The van der Waals surface area contributed by atoms with Gasteiger partial charge in [0.1, 0.15) is 6.33 Å². The van der Waals surface area contributed by atoms with E-state index in [4.69, 9.17) is 10.6 Å². The second kappa shape index (κ2) is 5.92. The number of anilines is 2. The van der Waals surface area contributed by atoms with Crippen LogP contribution in [-0.2, 0) is 0 Å². The van der Waals surface area contributed by atoms with Crippen LogP contribution < -0.4 is 21.3 Å². The number of nitrogens with two attached hydrogens (primary N) is 1. The van der Waals surface area contributed by atoms with E-state index in [2.05, 4.69) is 20.7 Å². The van der Waals surface area contributed by atoms with Gasteiger partial charge in [-0.3, -0.25) is 0 Å². The first-order valence-electron chi connectivity index (χ1n) is 5.56. The van der Waals surface area contributed by atoms with Crippen molar-refractivity contribution in [2.45, 2.75) is 18.1 Å². The van der Waals surface area contributed by atoms with Crippen LogP contribution in [0.2, 0.25) is 0 Å². The van der Waals surface area contributed by atoms with Gasteiger partial charge in [0.05, 0.1) is 7.11 Å². The highest BCUT2D eigenvalue weighted by molar-refractivity contribution is 8.00. The van der Waals surface area contributed by atoms with E-state index in [1.54, 1.807) is 7.11 Å². The zero-order valence-corrected chi connectivity index (χ0v) is 10.6. The van der Waals surface area contributed by atoms with Crippen LogP contribution in [0, 0.1) is 0 Å². The number of hydrogen-bond acceptors (Lipinski definition) is 7. The number of nitrogens with zero attached hydrogens (tertiary/aromatic N) is 2. The maximum Gasteiger partial charge on any atom is 0.205 e. The van der Waals surface area contributed by atoms with E-state index in [1.807, 2.05) is 11.8 Å². The van der Waals surface area contributed by atoms with Crippen molar-refractivity contribution < 1.29 is 4.74 Å². The molecule has 0 radical (unpaired) electrons. The van der Waals surface area contributed by atoms with Crippen LogP contribution >= 0.6 is 11.8 Å². The maximum absolute atomic E-state index is 5.36. The quantitative estimate of drug-likeness (QED) is 0.536. The first-order valence-corrected chi connectivity index (χ1v) is 6.61. The van der Waals surface area contributed by atoms with Gasteiger partial charge in [-0.2, -0.15) is 11.8 Å². The second-order valence-electron chi connectivity index (χ2n) is 3.76. The zero-order chi connectivity index (χ0) is 12.1. The van der Waals surface area contributed by atoms with Gasteiger partial charge in [0.15, 0.2) is 11.6 Å². The SMILES string of the molecule is COc1c(NN)ncnc1NCC1CCCS1. The van der Waals surface area contributed by atoms with Crippen LogP contribution in [0.4, 0.5) is 11.6 Å². The number of ether oxygens (including phenoxy) is 1.